The highest BCUT2D eigenvalue weighted by molar-refractivity contribution is 5.89. The molecule has 1 unspecified atom stereocenters. The number of benzene rings is 2. The van der Waals surface area contributed by atoms with Crippen LogP contribution in [0.4, 0.5) is 0 Å². The number of nitrogens with zero attached hydrogens (tertiary/aromatic N) is 4. The molecule has 3 aromatic heterocycles. The second kappa shape index (κ2) is 7.63. The van der Waals surface area contributed by atoms with Crippen molar-refractivity contribution in [1.82, 2.24) is 19.2 Å². The van der Waals surface area contributed by atoms with E-state index < -0.39 is 0 Å². The Morgan fingerprint density at radius 3 is 2.22 bits per heavy atom. The van der Waals surface area contributed by atoms with Crippen LogP contribution < -0.4 is 0 Å². The first-order chi connectivity index (χ1) is 15.3. The molecule has 1 atom stereocenters. The summed E-state index contributed by atoms with van der Waals surface area (Å²) in [4.78, 5) is 5.04. The Morgan fingerprint density at radius 2 is 1.53 bits per heavy atom. The predicted octanol–water partition coefficient (Wildman–Crippen LogP) is 6.70. The molecular formula is C28H30N4. The molecule has 0 saturated carbocycles. The van der Waals surface area contributed by atoms with Crippen LogP contribution in [0.5, 0.6) is 0 Å². The Hall–Kier alpha value is -3.40. The molecule has 0 N–H and O–H groups in total. The molecule has 0 radical (unpaired) electrons. The topological polar surface area (TPSA) is 35.1 Å². The number of hydrogen-bond donors (Lipinski definition) is 0. The van der Waals surface area contributed by atoms with Gasteiger partial charge in [0.05, 0.1) is 17.0 Å². The zero-order valence-corrected chi connectivity index (χ0v) is 19.8. The average molecular weight is 423 g/mol. The summed E-state index contributed by atoms with van der Waals surface area (Å²) < 4.78 is 4.39. The van der Waals surface area contributed by atoms with Crippen LogP contribution in [0, 0.1) is 34.6 Å². The second-order valence-electron chi connectivity index (χ2n) is 9.18. The van der Waals surface area contributed by atoms with Crippen LogP contribution in [0.2, 0.25) is 0 Å². The summed E-state index contributed by atoms with van der Waals surface area (Å²) in [5, 5.41) is 6.17. The normalized spacial score (nSPS) is 12.7. The molecule has 32 heavy (non-hydrogen) atoms. The molecule has 162 valence electrons. The molecule has 0 aliphatic heterocycles. The number of hydrogen-bond acceptors (Lipinski definition) is 2. The lowest BCUT2D eigenvalue weighted by molar-refractivity contribution is 0.606. The van der Waals surface area contributed by atoms with Gasteiger partial charge in [-0.15, -0.1) is 0 Å². The molecule has 5 rings (SSSR count). The van der Waals surface area contributed by atoms with Crippen molar-refractivity contribution in [3.05, 3.63) is 88.4 Å². The van der Waals surface area contributed by atoms with E-state index in [1.54, 1.807) is 0 Å². The number of fused-ring (bicyclic) bond motifs is 3. The lowest BCUT2D eigenvalue weighted by Crippen LogP contribution is -2.08. The molecule has 0 saturated heterocycles. The minimum Gasteiger partial charge on any atom is -0.332 e. The van der Waals surface area contributed by atoms with Gasteiger partial charge in [0.2, 0.25) is 0 Å². The van der Waals surface area contributed by atoms with Gasteiger partial charge >= 0.3 is 0 Å². The van der Waals surface area contributed by atoms with Gasteiger partial charge in [0.25, 0.3) is 0 Å². The van der Waals surface area contributed by atoms with Crippen molar-refractivity contribution in [2.75, 3.05) is 0 Å². The van der Waals surface area contributed by atoms with E-state index in [1.165, 1.54) is 27.8 Å². The third kappa shape index (κ3) is 3.22. The van der Waals surface area contributed by atoms with Gasteiger partial charge in [0, 0.05) is 18.1 Å². The average Bonchev–Trinajstić information content (AvgIpc) is 3.30. The molecule has 4 heteroatoms. The Labute approximate surface area is 189 Å². The molecule has 0 fully saturated rings. The maximum atomic E-state index is 5.04. The number of aryl methyl sites for hydroxylation is 5. The lowest BCUT2D eigenvalue weighted by atomic mass is 9.94. The molecule has 2 aromatic carbocycles. The summed E-state index contributed by atoms with van der Waals surface area (Å²) in [5.41, 5.74) is 11.7. The molecule has 0 aliphatic rings. The quantitative estimate of drug-likeness (QED) is 0.323. The minimum absolute atomic E-state index is 0.396. The van der Waals surface area contributed by atoms with E-state index in [1.807, 2.05) is 0 Å². The summed E-state index contributed by atoms with van der Waals surface area (Å²) >= 11 is 0. The minimum atomic E-state index is 0.396. The van der Waals surface area contributed by atoms with E-state index in [-0.39, 0.29) is 0 Å². The Bertz CT molecular complexity index is 1430. The van der Waals surface area contributed by atoms with Crippen LogP contribution in [0.15, 0.2) is 54.7 Å². The zero-order chi connectivity index (χ0) is 22.6. The Balaban J connectivity index is 1.73. The zero-order valence-electron chi connectivity index (χ0n) is 19.8. The third-order valence-corrected chi connectivity index (χ3v) is 6.60. The summed E-state index contributed by atoms with van der Waals surface area (Å²) in [6.07, 6.45) is 2.18. The SMILES string of the molecule is Cc1cc(C)c(-c2c(C)nn3c2nc(C)c2ccn(CC(C)c4ccccc4)c23)c(C)c1. The van der Waals surface area contributed by atoms with Gasteiger partial charge in [0.1, 0.15) is 5.65 Å². The van der Waals surface area contributed by atoms with Gasteiger partial charge in [-0.2, -0.15) is 9.61 Å². The van der Waals surface area contributed by atoms with E-state index in [2.05, 4.69) is 105 Å². The molecule has 4 nitrogen and oxygen atoms in total. The smallest absolute Gasteiger partial charge is 0.165 e. The van der Waals surface area contributed by atoms with Crippen LogP contribution in [-0.2, 0) is 6.54 Å². The number of aromatic nitrogens is 4. The van der Waals surface area contributed by atoms with Crippen molar-refractivity contribution in [3.8, 4) is 11.1 Å². The molecule has 3 heterocycles. The van der Waals surface area contributed by atoms with Gasteiger partial charge in [-0.3, -0.25) is 0 Å². The fraction of sp³-hybridized carbons (Fsp3) is 0.286. The summed E-state index contributed by atoms with van der Waals surface area (Å²) in [7, 11) is 0. The molecule has 0 amide bonds. The highest BCUT2D eigenvalue weighted by Gasteiger charge is 2.21. The maximum absolute atomic E-state index is 5.04. The first kappa shape index (κ1) is 20.5. The van der Waals surface area contributed by atoms with Crippen molar-refractivity contribution in [2.45, 2.75) is 54.0 Å². The van der Waals surface area contributed by atoms with Crippen LogP contribution >= 0.6 is 0 Å². The highest BCUT2D eigenvalue weighted by Crippen LogP contribution is 2.35. The van der Waals surface area contributed by atoms with Crippen LogP contribution in [0.3, 0.4) is 0 Å². The van der Waals surface area contributed by atoms with Gasteiger partial charge in [-0.25, -0.2) is 4.98 Å². The maximum Gasteiger partial charge on any atom is 0.165 e. The molecule has 0 aliphatic carbocycles. The van der Waals surface area contributed by atoms with E-state index in [9.17, 15) is 0 Å². The molecule has 5 aromatic rings. The van der Waals surface area contributed by atoms with E-state index >= 15 is 0 Å². The second-order valence-corrected chi connectivity index (χ2v) is 9.18. The van der Waals surface area contributed by atoms with Crippen LogP contribution in [-0.4, -0.2) is 19.2 Å². The van der Waals surface area contributed by atoms with Crippen molar-refractivity contribution < 1.29 is 0 Å². The van der Waals surface area contributed by atoms with Gasteiger partial charge in [-0.05, 0) is 68.9 Å². The molecule has 0 spiro atoms. The summed E-state index contributed by atoms with van der Waals surface area (Å²) in [5.74, 6) is 0.396. The number of rotatable bonds is 4. The first-order valence-corrected chi connectivity index (χ1v) is 11.3. The van der Waals surface area contributed by atoms with E-state index in [0.717, 1.165) is 40.2 Å². The fourth-order valence-electron chi connectivity index (χ4n) is 5.16. The highest BCUT2D eigenvalue weighted by atomic mass is 15.3. The van der Waals surface area contributed by atoms with Gasteiger partial charge in [-0.1, -0.05) is 55.0 Å². The fourth-order valence-corrected chi connectivity index (χ4v) is 5.16. The van der Waals surface area contributed by atoms with Gasteiger partial charge in [0.15, 0.2) is 5.65 Å². The summed E-state index contributed by atoms with van der Waals surface area (Å²) in [6.45, 7) is 13.9. The molecule has 0 bridgehead atoms. The van der Waals surface area contributed by atoms with Gasteiger partial charge < -0.3 is 4.57 Å². The van der Waals surface area contributed by atoms with Crippen molar-refractivity contribution >= 4 is 16.7 Å². The Morgan fingerprint density at radius 1 is 0.844 bits per heavy atom. The predicted molar refractivity (Wildman–Crippen MR) is 132 cm³/mol. The van der Waals surface area contributed by atoms with Crippen molar-refractivity contribution in [3.63, 3.8) is 0 Å². The van der Waals surface area contributed by atoms with Crippen molar-refractivity contribution in [2.24, 2.45) is 0 Å². The first-order valence-electron chi connectivity index (χ1n) is 11.3. The summed E-state index contributed by atoms with van der Waals surface area (Å²) in [6, 6.07) is 17.4. The third-order valence-electron chi connectivity index (χ3n) is 6.60. The van der Waals surface area contributed by atoms with E-state index in [0.29, 0.717) is 5.92 Å². The monoisotopic (exact) mass is 422 g/mol. The standard InChI is InChI=1S/C28H30N4/c1-17-14-18(2)25(19(3)15-17)26-22(6)30-32-27(26)29-21(5)24-12-13-31(28(24)32)16-20(4)23-10-8-7-9-11-23/h7-15,20H,16H2,1-6H3. The lowest BCUT2D eigenvalue weighted by Gasteiger charge is -2.15. The largest absolute Gasteiger partial charge is 0.332 e. The van der Waals surface area contributed by atoms with Crippen molar-refractivity contribution in [1.29, 1.82) is 0 Å². The van der Waals surface area contributed by atoms with E-state index in [4.69, 9.17) is 10.1 Å². The van der Waals surface area contributed by atoms with Crippen LogP contribution in [0.1, 0.15) is 46.5 Å². The van der Waals surface area contributed by atoms with Crippen LogP contribution in [0.25, 0.3) is 27.8 Å². The Kier molecular flexibility index (Phi) is 4.89. The molecular weight excluding hydrogens is 392 g/mol.